The molecule has 1 rings (SSSR count). The Morgan fingerprint density at radius 3 is 2.50 bits per heavy atom. The lowest BCUT2D eigenvalue weighted by atomic mass is 9.98. The predicted molar refractivity (Wildman–Crippen MR) is 67.3 cm³/mol. The van der Waals surface area contributed by atoms with Crippen molar-refractivity contribution in [2.45, 2.75) is 53.1 Å². The van der Waals surface area contributed by atoms with E-state index in [4.69, 9.17) is 0 Å². The SMILES string of the molecule is CC(C)CC1CNC(C)CN1C(=O)C(C)C. The fraction of sp³-hybridized carbons (Fsp3) is 0.923. The van der Waals surface area contributed by atoms with Crippen LogP contribution in [0.5, 0.6) is 0 Å². The van der Waals surface area contributed by atoms with Gasteiger partial charge in [0.15, 0.2) is 0 Å². The van der Waals surface area contributed by atoms with E-state index in [9.17, 15) is 4.79 Å². The highest BCUT2D eigenvalue weighted by Gasteiger charge is 2.30. The fourth-order valence-electron chi connectivity index (χ4n) is 2.31. The number of hydrogen-bond acceptors (Lipinski definition) is 2. The summed E-state index contributed by atoms with van der Waals surface area (Å²) in [4.78, 5) is 14.2. The summed E-state index contributed by atoms with van der Waals surface area (Å²) in [7, 11) is 0. The van der Waals surface area contributed by atoms with Crippen LogP contribution in [-0.4, -0.2) is 36.0 Å². The summed E-state index contributed by atoms with van der Waals surface area (Å²) >= 11 is 0. The van der Waals surface area contributed by atoms with Crippen molar-refractivity contribution < 1.29 is 4.79 Å². The minimum absolute atomic E-state index is 0.111. The molecule has 1 fully saturated rings. The Labute approximate surface area is 99.6 Å². The maximum Gasteiger partial charge on any atom is 0.225 e. The summed E-state index contributed by atoms with van der Waals surface area (Å²) in [5.74, 6) is 1.06. The molecule has 0 aromatic rings. The van der Waals surface area contributed by atoms with Gasteiger partial charge >= 0.3 is 0 Å². The Balaban J connectivity index is 2.68. The van der Waals surface area contributed by atoms with E-state index < -0.39 is 0 Å². The third-order valence-electron chi connectivity index (χ3n) is 3.13. The Kier molecular flexibility index (Phi) is 4.78. The summed E-state index contributed by atoms with van der Waals surface area (Å²) in [6, 6.07) is 0.803. The lowest BCUT2D eigenvalue weighted by Gasteiger charge is -2.41. The molecule has 0 bridgehead atoms. The van der Waals surface area contributed by atoms with Crippen LogP contribution in [0, 0.1) is 11.8 Å². The van der Waals surface area contributed by atoms with E-state index in [1.807, 2.05) is 13.8 Å². The van der Waals surface area contributed by atoms with Crippen molar-refractivity contribution in [1.29, 1.82) is 0 Å². The van der Waals surface area contributed by atoms with E-state index in [0.717, 1.165) is 19.5 Å². The highest BCUT2D eigenvalue weighted by atomic mass is 16.2. The fourth-order valence-corrected chi connectivity index (χ4v) is 2.31. The number of hydrogen-bond donors (Lipinski definition) is 1. The molecule has 94 valence electrons. The first-order chi connectivity index (χ1) is 7.41. The van der Waals surface area contributed by atoms with E-state index >= 15 is 0 Å². The standard InChI is InChI=1S/C13H26N2O/c1-9(2)6-12-7-14-11(5)8-15(12)13(16)10(3)4/h9-12,14H,6-8H2,1-5H3. The number of nitrogens with one attached hydrogen (secondary N) is 1. The summed E-state index contributed by atoms with van der Waals surface area (Å²) in [5, 5.41) is 3.47. The molecule has 1 heterocycles. The molecule has 0 aromatic heterocycles. The van der Waals surface area contributed by atoms with E-state index in [0.29, 0.717) is 23.9 Å². The topological polar surface area (TPSA) is 32.3 Å². The average molecular weight is 226 g/mol. The zero-order valence-electron chi connectivity index (χ0n) is 11.3. The van der Waals surface area contributed by atoms with Gasteiger partial charge in [-0.2, -0.15) is 0 Å². The van der Waals surface area contributed by atoms with Crippen LogP contribution in [0.25, 0.3) is 0 Å². The normalized spacial score (nSPS) is 26.6. The second-order valence-corrected chi connectivity index (χ2v) is 5.74. The minimum atomic E-state index is 0.111. The number of carbonyl (C=O) groups excluding carboxylic acids is 1. The van der Waals surface area contributed by atoms with Gasteiger partial charge in [-0.1, -0.05) is 27.7 Å². The second kappa shape index (κ2) is 5.67. The predicted octanol–water partition coefficient (Wildman–Crippen LogP) is 1.88. The smallest absolute Gasteiger partial charge is 0.225 e. The molecule has 0 spiro atoms. The van der Waals surface area contributed by atoms with Crippen molar-refractivity contribution in [3.8, 4) is 0 Å². The van der Waals surface area contributed by atoms with E-state index in [1.54, 1.807) is 0 Å². The molecule has 1 aliphatic rings. The molecule has 0 saturated carbocycles. The first kappa shape index (κ1) is 13.5. The van der Waals surface area contributed by atoms with Gasteiger partial charge in [0.1, 0.15) is 0 Å². The number of rotatable bonds is 3. The van der Waals surface area contributed by atoms with E-state index in [-0.39, 0.29) is 5.92 Å². The maximum absolute atomic E-state index is 12.1. The van der Waals surface area contributed by atoms with Crippen LogP contribution in [0.15, 0.2) is 0 Å². The largest absolute Gasteiger partial charge is 0.337 e. The number of piperazine rings is 1. The number of amides is 1. The van der Waals surface area contributed by atoms with Crippen LogP contribution in [0.1, 0.15) is 41.0 Å². The third-order valence-corrected chi connectivity index (χ3v) is 3.13. The van der Waals surface area contributed by atoms with Gasteiger partial charge in [0.25, 0.3) is 0 Å². The molecule has 1 aliphatic heterocycles. The third kappa shape index (κ3) is 3.48. The highest BCUT2D eigenvalue weighted by Crippen LogP contribution is 2.17. The minimum Gasteiger partial charge on any atom is -0.337 e. The summed E-state index contributed by atoms with van der Waals surface area (Å²) in [5.41, 5.74) is 0. The molecule has 1 saturated heterocycles. The van der Waals surface area contributed by atoms with Crippen LogP contribution in [0.3, 0.4) is 0 Å². The molecule has 1 amide bonds. The zero-order valence-corrected chi connectivity index (χ0v) is 11.3. The van der Waals surface area contributed by atoms with Crippen molar-refractivity contribution in [1.82, 2.24) is 10.2 Å². The maximum atomic E-state index is 12.1. The van der Waals surface area contributed by atoms with Gasteiger partial charge in [-0.3, -0.25) is 4.79 Å². The molecule has 1 N–H and O–H groups in total. The van der Waals surface area contributed by atoms with Crippen molar-refractivity contribution >= 4 is 5.91 Å². The summed E-state index contributed by atoms with van der Waals surface area (Å²) in [6.45, 7) is 12.4. The molecular formula is C13H26N2O. The molecular weight excluding hydrogens is 200 g/mol. The Bertz CT molecular complexity index is 238. The lowest BCUT2D eigenvalue weighted by molar-refractivity contribution is -0.138. The van der Waals surface area contributed by atoms with Gasteiger partial charge in [0, 0.05) is 31.1 Å². The summed E-state index contributed by atoms with van der Waals surface area (Å²) in [6.07, 6.45) is 1.10. The molecule has 3 nitrogen and oxygen atoms in total. The zero-order chi connectivity index (χ0) is 12.3. The van der Waals surface area contributed by atoms with Crippen molar-refractivity contribution in [2.75, 3.05) is 13.1 Å². The molecule has 2 atom stereocenters. The summed E-state index contributed by atoms with van der Waals surface area (Å²) < 4.78 is 0. The van der Waals surface area contributed by atoms with Crippen LogP contribution in [0.2, 0.25) is 0 Å². The van der Waals surface area contributed by atoms with Gasteiger partial charge in [-0.05, 0) is 19.3 Å². The molecule has 2 unspecified atom stereocenters. The van der Waals surface area contributed by atoms with E-state index in [2.05, 4.69) is 31.0 Å². The lowest BCUT2D eigenvalue weighted by Crippen LogP contribution is -2.58. The molecule has 0 aliphatic carbocycles. The molecule has 3 heteroatoms. The van der Waals surface area contributed by atoms with Gasteiger partial charge in [0.2, 0.25) is 5.91 Å². The average Bonchev–Trinajstić information content (AvgIpc) is 2.18. The second-order valence-electron chi connectivity index (χ2n) is 5.74. The van der Waals surface area contributed by atoms with Crippen molar-refractivity contribution in [3.63, 3.8) is 0 Å². The van der Waals surface area contributed by atoms with Gasteiger partial charge < -0.3 is 10.2 Å². The van der Waals surface area contributed by atoms with Gasteiger partial charge in [-0.15, -0.1) is 0 Å². The van der Waals surface area contributed by atoms with Crippen LogP contribution in [-0.2, 0) is 4.79 Å². The number of nitrogens with zero attached hydrogens (tertiary/aromatic N) is 1. The Morgan fingerprint density at radius 2 is 2.00 bits per heavy atom. The van der Waals surface area contributed by atoms with Crippen molar-refractivity contribution in [2.24, 2.45) is 11.8 Å². The highest BCUT2D eigenvalue weighted by molar-refractivity contribution is 5.78. The molecule has 0 aromatic carbocycles. The quantitative estimate of drug-likeness (QED) is 0.797. The van der Waals surface area contributed by atoms with Gasteiger partial charge in [-0.25, -0.2) is 0 Å². The monoisotopic (exact) mass is 226 g/mol. The van der Waals surface area contributed by atoms with E-state index in [1.165, 1.54) is 0 Å². The van der Waals surface area contributed by atoms with Crippen LogP contribution >= 0.6 is 0 Å². The van der Waals surface area contributed by atoms with Crippen LogP contribution in [0.4, 0.5) is 0 Å². The Hall–Kier alpha value is -0.570. The number of carbonyl (C=O) groups is 1. The van der Waals surface area contributed by atoms with Crippen LogP contribution < -0.4 is 5.32 Å². The molecule has 16 heavy (non-hydrogen) atoms. The first-order valence-electron chi connectivity index (χ1n) is 6.45. The molecule has 0 radical (unpaired) electrons. The van der Waals surface area contributed by atoms with Crippen molar-refractivity contribution in [3.05, 3.63) is 0 Å². The first-order valence-corrected chi connectivity index (χ1v) is 6.45. The Morgan fingerprint density at radius 1 is 1.38 bits per heavy atom. The van der Waals surface area contributed by atoms with Gasteiger partial charge in [0.05, 0.1) is 0 Å².